The highest BCUT2D eigenvalue weighted by Crippen LogP contribution is 2.38. The lowest BCUT2D eigenvalue weighted by Gasteiger charge is -2.11. The molecule has 7 nitrogen and oxygen atoms in total. The van der Waals surface area contributed by atoms with Crippen molar-refractivity contribution in [3.8, 4) is 0 Å². The first-order valence-electron chi connectivity index (χ1n) is 8.19. The summed E-state index contributed by atoms with van der Waals surface area (Å²) >= 11 is 1.26. The van der Waals surface area contributed by atoms with Gasteiger partial charge >= 0.3 is 6.18 Å². The second-order valence-electron chi connectivity index (χ2n) is 6.16. The molecule has 2 aromatic heterocycles. The third-order valence-electron chi connectivity index (χ3n) is 4.28. The third kappa shape index (κ3) is 3.98. The number of thiophene rings is 1. The standard InChI is InChI=1S/C16H17F3N4O3S/c17-16(18,19)11-5-8(7-24)23(22-11)6-12(25)21-15-13(14(20)26)9-3-1-2-4-10(9)27-15/h5,24H,1-4,6-7H2,(H2,20,26)(H,21,25). The molecule has 0 aliphatic heterocycles. The Kier molecular flexibility index (Phi) is 5.24. The predicted octanol–water partition coefficient (Wildman–Crippen LogP) is 2.07. The molecule has 4 N–H and O–H groups in total. The fourth-order valence-electron chi connectivity index (χ4n) is 3.07. The summed E-state index contributed by atoms with van der Waals surface area (Å²) in [7, 11) is 0. The number of fused-ring (bicyclic) bond motifs is 1. The lowest BCUT2D eigenvalue weighted by Crippen LogP contribution is -2.23. The molecule has 0 bridgehead atoms. The molecule has 2 aromatic rings. The summed E-state index contributed by atoms with van der Waals surface area (Å²) in [6.45, 7) is -1.23. The van der Waals surface area contributed by atoms with Gasteiger partial charge in [-0.2, -0.15) is 18.3 Å². The van der Waals surface area contributed by atoms with Crippen LogP contribution >= 0.6 is 11.3 Å². The van der Waals surface area contributed by atoms with Crippen LogP contribution in [0.2, 0.25) is 0 Å². The van der Waals surface area contributed by atoms with Gasteiger partial charge in [0.15, 0.2) is 5.69 Å². The molecule has 3 rings (SSSR count). The van der Waals surface area contributed by atoms with E-state index in [2.05, 4.69) is 10.4 Å². The van der Waals surface area contributed by atoms with Crippen LogP contribution in [0.15, 0.2) is 6.07 Å². The van der Waals surface area contributed by atoms with E-state index in [9.17, 15) is 27.9 Å². The van der Waals surface area contributed by atoms with Crippen LogP contribution in [-0.4, -0.2) is 26.7 Å². The molecule has 2 amide bonds. The molecule has 1 aliphatic rings. The van der Waals surface area contributed by atoms with Crippen molar-refractivity contribution < 1.29 is 27.9 Å². The number of hydrogen-bond acceptors (Lipinski definition) is 5. The fraction of sp³-hybridized carbons (Fsp3) is 0.438. The zero-order valence-electron chi connectivity index (χ0n) is 14.1. The molecular weight excluding hydrogens is 385 g/mol. The number of rotatable bonds is 5. The van der Waals surface area contributed by atoms with Crippen molar-refractivity contribution in [1.82, 2.24) is 9.78 Å². The van der Waals surface area contributed by atoms with Gasteiger partial charge in [-0.25, -0.2) is 0 Å². The van der Waals surface area contributed by atoms with Crippen LogP contribution < -0.4 is 11.1 Å². The number of halogens is 3. The van der Waals surface area contributed by atoms with Crippen molar-refractivity contribution in [2.75, 3.05) is 5.32 Å². The molecule has 0 unspecified atom stereocenters. The normalized spacial score (nSPS) is 14.1. The minimum absolute atomic E-state index is 0.141. The number of carbonyl (C=O) groups excluding carboxylic acids is 2. The molecule has 2 heterocycles. The van der Waals surface area contributed by atoms with Gasteiger partial charge in [0.1, 0.15) is 11.5 Å². The van der Waals surface area contributed by atoms with E-state index in [1.54, 1.807) is 0 Å². The zero-order valence-corrected chi connectivity index (χ0v) is 14.9. The fourth-order valence-corrected chi connectivity index (χ4v) is 4.39. The van der Waals surface area contributed by atoms with Gasteiger partial charge in [0.2, 0.25) is 5.91 Å². The predicted molar refractivity (Wildman–Crippen MR) is 91.3 cm³/mol. The number of aryl methyl sites for hydroxylation is 1. The van der Waals surface area contributed by atoms with E-state index in [0.29, 0.717) is 17.5 Å². The van der Waals surface area contributed by atoms with E-state index >= 15 is 0 Å². The quantitative estimate of drug-likeness (QED) is 0.711. The molecule has 0 radical (unpaired) electrons. The molecular formula is C16H17F3N4O3S. The second-order valence-corrected chi connectivity index (χ2v) is 7.27. The maximum absolute atomic E-state index is 12.8. The van der Waals surface area contributed by atoms with E-state index in [0.717, 1.165) is 34.4 Å². The Morgan fingerprint density at radius 2 is 2.04 bits per heavy atom. The highest BCUT2D eigenvalue weighted by atomic mass is 32.1. The number of aliphatic hydroxyl groups is 1. The Hall–Kier alpha value is -2.40. The van der Waals surface area contributed by atoms with Crippen LogP contribution in [0.5, 0.6) is 0 Å². The number of nitrogens with zero attached hydrogens (tertiary/aromatic N) is 2. The molecule has 0 saturated carbocycles. The number of amides is 2. The number of alkyl halides is 3. The van der Waals surface area contributed by atoms with Crippen LogP contribution in [0.1, 0.15) is 45.0 Å². The second kappa shape index (κ2) is 7.31. The summed E-state index contributed by atoms with van der Waals surface area (Å²) in [5.41, 5.74) is 5.22. The number of carbonyl (C=O) groups is 2. The molecule has 0 spiro atoms. The van der Waals surface area contributed by atoms with Crippen LogP contribution in [0.25, 0.3) is 0 Å². The summed E-state index contributed by atoms with van der Waals surface area (Å²) in [5.74, 6) is -1.32. The molecule has 146 valence electrons. The van der Waals surface area contributed by atoms with Gasteiger partial charge in [0, 0.05) is 4.88 Å². The van der Waals surface area contributed by atoms with Crippen molar-refractivity contribution in [3.63, 3.8) is 0 Å². The number of hydrogen-bond donors (Lipinski definition) is 3. The van der Waals surface area contributed by atoms with E-state index < -0.39 is 36.8 Å². The minimum Gasteiger partial charge on any atom is -0.390 e. The van der Waals surface area contributed by atoms with Crippen LogP contribution in [0.4, 0.5) is 18.2 Å². The Morgan fingerprint density at radius 3 is 2.67 bits per heavy atom. The SMILES string of the molecule is NC(=O)c1c(NC(=O)Cn2nc(C(F)(F)F)cc2CO)sc2c1CCCC2. The van der Waals surface area contributed by atoms with E-state index in [4.69, 9.17) is 5.73 Å². The van der Waals surface area contributed by atoms with Crippen molar-refractivity contribution >= 4 is 28.2 Å². The average molecular weight is 402 g/mol. The molecule has 11 heteroatoms. The monoisotopic (exact) mass is 402 g/mol. The first kappa shape index (κ1) is 19.4. The molecule has 0 fully saturated rings. The van der Waals surface area contributed by atoms with E-state index in [-0.39, 0.29) is 11.3 Å². The van der Waals surface area contributed by atoms with Gasteiger partial charge in [0.25, 0.3) is 5.91 Å². The van der Waals surface area contributed by atoms with Gasteiger partial charge < -0.3 is 16.2 Å². The molecule has 0 aromatic carbocycles. The van der Waals surface area contributed by atoms with Crippen LogP contribution in [-0.2, 0) is 37.0 Å². The van der Waals surface area contributed by atoms with Crippen molar-refractivity contribution in [2.24, 2.45) is 5.73 Å². The highest BCUT2D eigenvalue weighted by Gasteiger charge is 2.35. The lowest BCUT2D eigenvalue weighted by molar-refractivity contribution is -0.141. The minimum atomic E-state index is -4.68. The number of aliphatic hydroxyl groups excluding tert-OH is 1. The van der Waals surface area contributed by atoms with Crippen molar-refractivity contribution in [3.05, 3.63) is 33.5 Å². The Bertz CT molecular complexity index is 888. The number of nitrogens with two attached hydrogens (primary N) is 1. The number of nitrogens with one attached hydrogen (secondary N) is 1. The summed E-state index contributed by atoms with van der Waals surface area (Å²) in [5, 5.41) is 15.4. The van der Waals surface area contributed by atoms with Gasteiger partial charge in [-0.05, 0) is 37.3 Å². The molecule has 0 saturated heterocycles. The topological polar surface area (TPSA) is 110 Å². The Morgan fingerprint density at radius 1 is 1.33 bits per heavy atom. The number of aromatic nitrogens is 2. The van der Waals surface area contributed by atoms with Crippen LogP contribution in [0, 0.1) is 0 Å². The Balaban J connectivity index is 1.82. The molecule has 0 atom stereocenters. The van der Waals surface area contributed by atoms with Crippen LogP contribution in [0.3, 0.4) is 0 Å². The van der Waals surface area contributed by atoms with E-state index in [1.165, 1.54) is 11.3 Å². The maximum Gasteiger partial charge on any atom is 0.435 e. The zero-order chi connectivity index (χ0) is 19.8. The third-order valence-corrected chi connectivity index (χ3v) is 5.49. The lowest BCUT2D eigenvalue weighted by atomic mass is 9.95. The summed E-state index contributed by atoms with van der Waals surface area (Å²) in [6, 6.07) is 0.686. The highest BCUT2D eigenvalue weighted by molar-refractivity contribution is 7.17. The smallest absolute Gasteiger partial charge is 0.390 e. The number of anilines is 1. The van der Waals surface area contributed by atoms with Crippen molar-refractivity contribution in [2.45, 2.75) is 45.0 Å². The first-order chi connectivity index (χ1) is 12.7. The first-order valence-corrected chi connectivity index (χ1v) is 9.01. The Labute approximate surface area is 156 Å². The maximum atomic E-state index is 12.8. The molecule has 27 heavy (non-hydrogen) atoms. The van der Waals surface area contributed by atoms with Crippen molar-refractivity contribution in [1.29, 1.82) is 0 Å². The summed E-state index contributed by atoms with van der Waals surface area (Å²) < 4.78 is 39.1. The summed E-state index contributed by atoms with van der Waals surface area (Å²) in [4.78, 5) is 25.1. The molecule has 1 aliphatic carbocycles. The van der Waals surface area contributed by atoms with Gasteiger partial charge in [-0.1, -0.05) is 0 Å². The van der Waals surface area contributed by atoms with E-state index in [1.807, 2.05) is 0 Å². The number of primary amides is 1. The average Bonchev–Trinajstić information content (AvgIpc) is 3.14. The van der Waals surface area contributed by atoms with Gasteiger partial charge in [-0.15, -0.1) is 11.3 Å². The summed E-state index contributed by atoms with van der Waals surface area (Å²) in [6.07, 6.45) is -1.30. The van der Waals surface area contributed by atoms with Gasteiger partial charge in [0.05, 0.1) is 17.9 Å². The largest absolute Gasteiger partial charge is 0.435 e. The van der Waals surface area contributed by atoms with Gasteiger partial charge in [-0.3, -0.25) is 14.3 Å².